The van der Waals surface area contributed by atoms with E-state index in [1.165, 1.54) is 17.1 Å². The van der Waals surface area contributed by atoms with Crippen molar-refractivity contribution in [1.29, 1.82) is 0 Å². The number of hydrogen-bond donors (Lipinski definition) is 1. The Hall–Kier alpha value is -1.16. The van der Waals surface area contributed by atoms with E-state index in [1.54, 1.807) is 7.05 Å². The molecular formula is C6H8N2O2. The van der Waals surface area contributed by atoms with Crippen LogP contribution in [-0.2, 0) is 13.7 Å². The number of aryl methyl sites for hydroxylation is 1. The highest BCUT2D eigenvalue weighted by Gasteiger charge is 1.96. The van der Waals surface area contributed by atoms with Crippen molar-refractivity contribution < 1.29 is 5.11 Å². The lowest BCUT2D eigenvalue weighted by atomic mass is 10.4. The van der Waals surface area contributed by atoms with Crippen molar-refractivity contribution in [2.24, 2.45) is 7.05 Å². The molecule has 0 aromatic carbocycles. The number of nitrogens with zero attached hydrogens (tertiary/aromatic N) is 2. The fourth-order valence-electron chi connectivity index (χ4n) is 0.666. The third kappa shape index (κ3) is 1.06. The predicted octanol–water partition coefficient (Wildman–Crippen LogP) is -0.727. The summed E-state index contributed by atoms with van der Waals surface area (Å²) in [5.41, 5.74) is 0.127. The Balaban J connectivity index is 3.28. The quantitative estimate of drug-likeness (QED) is 0.559. The molecule has 54 valence electrons. The summed E-state index contributed by atoms with van der Waals surface area (Å²) in [6.07, 6.45) is 2.77. The van der Waals surface area contributed by atoms with Gasteiger partial charge in [-0.15, -0.1) is 0 Å². The van der Waals surface area contributed by atoms with E-state index in [0.29, 0.717) is 5.56 Å². The first-order valence-electron chi connectivity index (χ1n) is 2.86. The lowest BCUT2D eigenvalue weighted by Gasteiger charge is -1.96. The van der Waals surface area contributed by atoms with Crippen molar-refractivity contribution >= 4 is 0 Å². The van der Waals surface area contributed by atoms with Gasteiger partial charge >= 0.3 is 0 Å². The normalized spacial score (nSPS) is 9.80. The molecule has 0 bridgehead atoms. The molecule has 10 heavy (non-hydrogen) atoms. The summed E-state index contributed by atoms with van der Waals surface area (Å²) in [7, 11) is 1.59. The number of aliphatic hydroxyl groups excluding tert-OH is 1. The van der Waals surface area contributed by atoms with Crippen LogP contribution in [0.5, 0.6) is 0 Å². The van der Waals surface area contributed by atoms with E-state index in [2.05, 4.69) is 4.98 Å². The first-order valence-corrected chi connectivity index (χ1v) is 2.86. The van der Waals surface area contributed by atoms with E-state index in [-0.39, 0.29) is 12.2 Å². The average molecular weight is 140 g/mol. The van der Waals surface area contributed by atoms with Crippen LogP contribution in [-0.4, -0.2) is 14.7 Å². The Bertz CT molecular complexity index is 279. The Morgan fingerprint density at radius 2 is 2.50 bits per heavy atom. The van der Waals surface area contributed by atoms with Crippen LogP contribution in [0.25, 0.3) is 0 Å². The molecule has 0 saturated heterocycles. The van der Waals surface area contributed by atoms with Gasteiger partial charge in [0.05, 0.1) is 18.5 Å². The number of rotatable bonds is 1. The third-order valence-corrected chi connectivity index (χ3v) is 1.24. The molecule has 4 nitrogen and oxygen atoms in total. The zero-order chi connectivity index (χ0) is 7.56. The van der Waals surface area contributed by atoms with E-state index < -0.39 is 0 Å². The molecule has 0 aliphatic rings. The Labute approximate surface area is 57.8 Å². The van der Waals surface area contributed by atoms with Gasteiger partial charge in [-0.1, -0.05) is 0 Å². The standard InChI is InChI=1S/C6H8N2O2/c1-8-4-7-2-5(3-9)6(8)10/h2,4,9H,3H2,1H3. The minimum absolute atomic E-state index is 0.197. The van der Waals surface area contributed by atoms with E-state index in [0.717, 1.165) is 0 Å². The molecule has 0 amide bonds. The second kappa shape index (κ2) is 2.62. The van der Waals surface area contributed by atoms with Gasteiger partial charge < -0.3 is 9.67 Å². The lowest BCUT2D eigenvalue weighted by Crippen LogP contribution is -2.20. The third-order valence-electron chi connectivity index (χ3n) is 1.24. The number of aromatic nitrogens is 2. The second-order valence-corrected chi connectivity index (χ2v) is 1.99. The highest BCUT2D eigenvalue weighted by Crippen LogP contribution is 1.84. The highest BCUT2D eigenvalue weighted by atomic mass is 16.3. The van der Waals surface area contributed by atoms with Crippen LogP contribution >= 0.6 is 0 Å². The Morgan fingerprint density at radius 1 is 1.80 bits per heavy atom. The smallest absolute Gasteiger partial charge is 0.258 e. The molecule has 0 fully saturated rings. The SMILES string of the molecule is Cn1cncc(CO)c1=O. The van der Waals surface area contributed by atoms with Gasteiger partial charge in [-0.05, 0) is 0 Å². The predicted molar refractivity (Wildman–Crippen MR) is 35.4 cm³/mol. The minimum Gasteiger partial charge on any atom is -0.391 e. The molecule has 0 saturated carbocycles. The summed E-state index contributed by atoms with van der Waals surface area (Å²) in [6.45, 7) is -0.249. The van der Waals surface area contributed by atoms with Gasteiger partial charge in [0, 0.05) is 13.2 Å². The average Bonchev–Trinajstić information content (AvgIpc) is 1.95. The van der Waals surface area contributed by atoms with E-state index in [9.17, 15) is 4.79 Å². The van der Waals surface area contributed by atoms with Crippen molar-refractivity contribution in [1.82, 2.24) is 9.55 Å². The van der Waals surface area contributed by atoms with Crippen LogP contribution in [0.15, 0.2) is 17.3 Å². The highest BCUT2D eigenvalue weighted by molar-refractivity contribution is 5.01. The summed E-state index contributed by atoms with van der Waals surface area (Å²) in [6, 6.07) is 0. The Kier molecular flexibility index (Phi) is 1.82. The van der Waals surface area contributed by atoms with Crippen molar-refractivity contribution in [3.05, 3.63) is 28.4 Å². The molecule has 1 aromatic heterocycles. The fourth-order valence-corrected chi connectivity index (χ4v) is 0.666. The van der Waals surface area contributed by atoms with Crippen LogP contribution < -0.4 is 5.56 Å². The van der Waals surface area contributed by atoms with E-state index >= 15 is 0 Å². The first-order chi connectivity index (χ1) is 4.75. The lowest BCUT2D eigenvalue weighted by molar-refractivity contribution is 0.278. The summed E-state index contributed by atoms with van der Waals surface area (Å²) in [5.74, 6) is 0. The van der Waals surface area contributed by atoms with Crippen molar-refractivity contribution in [3.8, 4) is 0 Å². The van der Waals surface area contributed by atoms with Gasteiger partial charge in [0.2, 0.25) is 0 Å². The van der Waals surface area contributed by atoms with Crippen LogP contribution in [0.3, 0.4) is 0 Å². The maximum Gasteiger partial charge on any atom is 0.258 e. The molecule has 0 spiro atoms. The number of hydrogen-bond acceptors (Lipinski definition) is 3. The molecule has 0 aliphatic carbocycles. The van der Waals surface area contributed by atoms with Crippen molar-refractivity contribution in [3.63, 3.8) is 0 Å². The maximum atomic E-state index is 11.0. The topological polar surface area (TPSA) is 55.1 Å². The van der Waals surface area contributed by atoms with Crippen LogP contribution in [0.4, 0.5) is 0 Å². The molecule has 0 unspecified atom stereocenters. The maximum absolute atomic E-state index is 11.0. The van der Waals surface area contributed by atoms with Gasteiger partial charge in [0.15, 0.2) is 0 Å². The van der Waals surface area contributed by atoms with Crippen LogP contribution in [0.1, 0.15) is 5.56 Å². The fraction of sp³-hybridized carbons (Fsp3) is 0.333. The zero-order valence-corrected chi connectivity index (χ0v) is 5.61. The number of aliphatic hydroxyl groups is 1. The van der Waals surface area contributed by atoms with Gasteiger partial charge in [-0.3, -0.25) is 4.79 Å². The Morgan fingerprint density at radius 3 is 3.00 bits per heavy atom. The molecule has 0 atom stereocenters. The van der Waals surface area contributed by atoms with Crippen molar-refractivity contribution in [2.75, 3.05) is 0 Å². The molecule has 0 aliphatic heterocycles. The summed E-state index contributed by atoms with van der Waals surface area (Å²) < 4.78 is 1.32. The molecule has 1 aromatic rings. The monoisotopic (exact) mass is 140 g/mol. The molecule has 1 N–H and O–H groups in total. The van der Waals surface area contributed by atoms with E-state index in [4.69, 9.17) is 5.11 Å². The van der Waals surface area contributed by atoms with Gasteiger partial charge in [0.1, 0.15) is 0 Å². The molecule has 4 heteroatoms. The largest absolute Gasteiger partial charge is 0.391 e. The van der Waals surface area contributed by atoms with Gasteiger partial charge in [-0.25, -0.2) is 4.98 Å². The summed E-state index contributed by atoms with van der Waals surface area (Å²) >= 11 is 0. The van der Waals surface area contributed by atoms with Crippen molar-refractivity contribution in [2.45, 2.75) is 6.61 Å². The molecule has 1 rings (SSSR count). The minimum atomic E-state index is -0.249. The van der Waals surface area contributed by atoms with Crippen LogP contribution in [0.2, 0.25) is 0 Å². The first kappa shape index (κ1) is 6.95. The molecule has 0 radical (unpaired) electrons. The van der Waals surface area contributed by atoms with Gasteiger partial charge in [0.25, 0.3) is 5.56 Å². The summed E-state index contributed by atoms with van der Waals surface area (Å²) in [4.78, 5) is 14.7. The molecule has 1 heterocycles. The summed E-state index contributed by atoms with van der Waals surface area (Å²) in [5, 5.41) is 8.59. The van der Waals surface area contributed by atoms with Gasteiger partial charge in [-0.2, -0.15) is 0 Å². The molecular weight excluding hydrogens is 132 g/mol. The zero-order valence-electron chi connectivity index (χ0n) is 5.61. The van der Waals surface area contributed by atoms with E-state index in [1.807, 2.05) is 0 Å². The van der Waals surface area contributed by atoms with Crippen LogP contribution in [0, 0.1) is 0 Å². The second-order valence-electron chi connectivity index (χ2n) is 1.99.